The number of furan rings is 1. The van der Waals surface area contributed by atoms with E-state index in [-0.39, 0.29) is 12.4 Å². The molecular weight excluding hydrogens is 331 g/mol. The second-order valence-electron chi connectivity index (χ2n) is 4.51. The average molecular weight is 341 g/mol. The molecule has 0 bridgehead atoms. The standard InChI is InChI=1S/C14H10Cl2N2O4/c15-8-3-4-10(16)9(6-8)11(19)7-18-14(20)22-13(17-18)12-2-1-5-21-12/h1-6,11,19H,7H2/t11-/m0/s1. The van der Waals surface area contributed by atoms with Crippen LogP contribution >= 0.6 is 23.2 Å². The van der Waals surface area contributed by atoms with Gasteiger partial charge in [0.1, 0.15) is 6.10 Å². The van der Waals surface area contributed by atoms with Crippen LogP contribution in [0, 0.1) is 0 Å². The minimum absolute atomic E-state index is 0.0411. The van der Waals surface area contributed by atoms with Crippen molar-refractivity contribution in [2.75, 3.05) is 0 Å². The van der Waals surface area contributed by atoms with Gasteiger partial charge in [0.05, 0.1) is 12.8 Å². The molecule has 3 rings (SSSR count). The maximum absolute atomic E-state index is 11.8. The molecule has 0 radical (unpaired) electrons. The summed E-state index contributed by atoms with van der Waals surface area (Å²) in [6.45, 7) is -0.122. The Bertz CT molecular complexity index is 839. The van der Waals surface area contributed by atoms with Gasteiger partial charge >= 0.3 is 5.76 Å². The molecule has 1 aromatic carbocycles. The molecule has 0 spiro atoms. The number of rotatable bonds is 4. The Morgan fingerprint density at radius 1 is 1.32 bits per heavy atom. The summed E-state index contributed by atoms with van der Waals surface area (Å²) in [5, 5.41) is 15.0. The fourth-order valence-electron chi connectivity index (χ4n) is 1.95. The van der Waals surface area contributed by atoms with Crippen molar-refractivity contribution in [3.63, 3.8) is 0 Å². The summed E-state index contributed by atoms with van der Waals surface area (Å²) < 4.78 is 11.1. The summed E-state index contributed by atoms with van der Waals surface area (Å²) in [7, 11) is 0. The van der Waals surface area contributed by atoms with Gasteiger partial charge in [-0.05, 0) is 30.3 Å². The first-order chi connectivity index (χ1) is 10.5. The van der Waals surface area contributed by atoms with Crippen molar-refractivity contribution in [1.29, 1.82) is 0 Å². The highest BCUT2D eigenvalue weighted by Crippen LogP contribution is 2.27. The first kappa shape index (κ1) is 14.9. The topological polar surface area (TPSA) is 81.4 Å². The number of halogens is 2. The van der Waals surface area contributed by atoms with Crippen LogP contribution in [-0.2, 0) is 6.54 Å². The van der Waals surface area contributed by atoms with Gasteiger partial charge in [-0.15, -0.1) is 5.10 Å². The molecule has 0 saturated carbocycles. The van der Waals surface area contributed by atoms with E-state index in [1.54, 1.807) is 24.3 Å². The lowest BCUT2D eigenvalue weighted by molar-refractivity contribution is 0.148. The monoisotopic (exact) mass is 340 g/mol. The fraction of sp³-hybridized carbons (Fsp3) is 0.143. The van der Waals surface area contributed by atoms with E-state index < -0.39 is 11.9 Å². The van der Waals surface area contributed by atoms with Gasteiger partial charge in [0, 0.05) is 15.6 Å². The van der Waals surface area contributed by atoms with Gasteiger partial charge < -0.3 is 13.9 Å². The van der Waals surface area contributed by atoms with Gasteiger partial charge in [-0.25, -0.2) is 4.79 Å². The van der Waals surface area contributed by atoms with E-state index in [1.807, 2.05) is 0 Å². The fourth-order valence-corrected chi connectivity index (χ4v) is 2.38. The molecule has 0 fully saturated rings. The predicted molar refractivity (Wildman–Crippen MR) is 79.9 cm³/mol. The van der Waals surface area contributed by atoms with E-state index in [0.29, 0.717) is 21.4 Å². The Kier molecular flexibility index (Phi) is 4.06. The molecule has 0 amide bonds. The van der Waals surface area contributed by atoms with Crippen molar-refractivity contribution >= 4 is 23.2 Å². The molecule has 0 aliphatic carbocycles. The molecule has 0 saturated heterocycles. The Morgan fingerprint density at radius 2 is 2.14 bits per heavy atom. The van der Waals surface area contributed by atoms with Gasteiger partial charge in [0.25, 0.3) is 5.89 Å². The SMILES string of the molecule is O=c1oc(-c2ccco2)nn1C[C@H](O)c1cc(Cl)ccc1Cl. The number of nitrogens with zero attached hydrogens (tertiary/aromatic N) is 2. The van der Waals surface area contributed by atoms with Crippen LogP contribution in [0.1, 0.15) is 11.7 Å². The molecule has 1 N–H and O–H groups in total. The molecule has 2 aromatic heterocycles. The first-order valence-corrected chi connectivity index (χ1v) is 7.05. The Balaban J connectivity index is 1.87. The van der Waals surface area contributed by atoms with Gasteiger partial charge in [0.15, 0.2) is 5.76 Å². The normalized spacial score (nSPS) is 12.5. The zero-order valence-corrected chi connectivity index (χ0v) is 12.6. The molecule has 6 nitrogen and oxygen atoms in total. The summed E-state index contributed by atoms with van der Waals surface area (Å²) in [4.78, 5) is 11.8. The van der Waals surface area contributed by atoms with Crippen LogP contribution in [0.15, 0.2) is 50.2 Å². The van der Waals surface area contributed by atoms with Crippen molar-refractivity contribution in [1.82, 2.24) is 9.78 Å². The number of aromatic nitrogens is 2. The van der Waals surface area contributed by atoms with E-state index in [0.717, 1.165) is 4.68 Å². The van der Waals surface area contributed by atoms with E-state index in [9.17, 15) is 9.90 Å². The molecule has 1 atom stereocenters. The van der Waals surface area contributed by atoms with Crippen LogP contribution in [-0.4, -0.2) is 14.9 Å². The maximum Gasteiger partial charge on any atom is 0.437 e. The molecule has 114 valence electrons. The molecule has 0 aliphatic rings. The summed E-state index contributed by atoms with van der Waals surface area (Å²) in [5.74, 6) is -0.339. The first-order valence-electron chi connectivity index (χ1n) is 6.29. The molecule has 2 heterocycles. The molecule has 0 unspecified atom stereocenters. The predicted octanol–water partition coefficient (Wildman–Crippen LogP) is 3.14. The van der Waals surface area contributed by atoms with E-state index >= 15 is 0 Å². The zero-order chi connectivity index (χ0) is 15.7. The van der Waals surface area contributed by atoms with Crippen LogP contribution < -0.4 is 5.76 Å². The Hall–Kier alpha value is -2.02. The summed E-state index contributed by atoms with van der Waals surface area (Å²) in [6.07, 6.45) is 0.382. The average Bonchev–Trinajstić information content (AvgIpc) is 3.12. The third kappa shape index (κ3) is 2.94. The van der Waals surface area contributed by atoms with Crippen molar-refractivity contribution in [2.45, 2.75) is 12.6 Å². The molecule has 3 aromatic rings. The highest BCUT2D eigenvalue weighted by Gasteiger charge is 2.18. The second-order valence-corrected chi connectivity index (χ2v) is 5.36. The van der Waals surface area contributed by atoms with E-state index in [4.69, 9.17) is 32.0 Å². The Morgan fingerprint density at radius 3 is 2.86 bits per heavy atom. The smallest absolute Gasteiger partial charge is 0.437 e. The summed E-state index contributed by atoms with van der Waals surface area (Å²) >= 11 is 11.9. The second kappa shape index (κ2) is 6.00. The minimum Gasteiger partial charge on any atom is -0.459 e. The summed E-state index contributed by atoms with van der Waals surface area (Å²) in [6, 6.07) is 7.97. The van der Waals surface area contributed by atoms with Crippen LogP contribution in [0.3, 0.4) is 0 Å². The van der Waals surface area contributed by atoms with Crippen molar-refractivity contribution in [3.05, 3.63) is 62.8 Å². The quantitative estimate of drug-likeness (QED) is 0.788. The maximum atomic E-state index is 11.8. The number of benzene rings is 1. The van der Waals surface area contributed by atoms with Gasteiger partial charge in [0.2, 0.25) is 0 Å². The minimum atomic E-state index is -1.06. The highest BCUT2D eigenvalue weighted by molar-refractivity contribution is 6.33. The largest absolute Gasteiger partial charge is 0.459 e. The van der Waals surface area contributed by atoms with Gasteiger partial charge in [-0.1, -0.05) is 23.2 Å². The number of aliphatic hydroxyl groups excluding tert-OH is 1. The van der Waals surface area contributed by atoms with Crippen molar-refractivity contribution in [3.8, 4) is 11.7 Å². The van der Waals surface area contributed by atoms with Crippen LogP contribution in [0.4, 0.5) is 0 Å². The zero-order valence-electron chi connectivity index (χ0n) is 11.1. The number of aliphatic hydroxyl groups is 1. The third-order valence-corrected chi connectivity index (χ3v) is 3.58. The van der Waals surface area contributed by atoms with Crippen LogP contribution in [0.2, 0.25) is 10.0 Å². The molecule has 8 heteroatoms. The lowest BCUT2D eigenvalue weighted by Crippen LogP contribution is -2.20. The number of hydrogen-bond donors (Lipinski definition) is 1. The molecule has 0 aliphatic heterocycles. The van der Waals surface area contributed by atoms with Crippen LogP contribution in [0.5, 0.6) is 0 Å². The van der Waals surface area contributed by atoms with Gasteiger partial charge in [-0.3, -0.25) is 0 Å². The number of hydrogen-bond acceptors (Lipinski definition) is 5. The lowest BCUT2D eigenvalue weighted by atomic mass is 10.1. The van der Waals surface area contributed by atoms with E-state index in [1.165, 1.54) is 12.3 Å². The van der Waals surface area contributed by atoms with Gasteiger partial charge in [-0.2, -0.15) is 4.68 Å². The molecular formula is C14H10Cl2N2O4. The summed E-state index contributed by atoms with van der Waals surface area (Å²) in [5.41, 5.74) is 0.406. The molecule has 22 heavy (non-hydrogen) atoms. The third-order valence-electron chi connectivity index (χ3n) is 3.00. The lowest BCUT2D eigenvalue weighted by Gasteiger charge is -2.12. The van der Waals surface area contributed by atoms with E-state index in [2.05, 4.69) is 5.10 Å². The highest BCUT2D eigenvalue weighted by atomic mass is 35.5. The van der Waals surface area contributed by atoms with Crippen molar-refractivity contribution < 1.29 is 13.9 Å². The van der Waals surface area contributed by atoms with Crippen molar-refractivity contribution in [2.24, 2.45) is 0 Å². The Labute approximate surface area is 134 Å². The van der Waals surface area contributed by atoms with Crippen LogP contribution in [0.25, 0.3) is 11.7 Å².